The second kappa shape index (κ2) is 9.16. The van der Waals surface area contributed by atoms with Crippen LogP contribution in [-0.4, -0.2) is 34.0 Å². The average molecular weight is 445 g/mol. The van der Waals surface area contributed by atoms with Crippen molar-refractivity contribution in [2.45, 2.75) is 26.3 Å². The molecule has 4 rings (SSSR count). The fraction of sp³-hybridized carbons (Fsp3) is 0.318. The number of amides is 1. The van der Waals surface area contributed by atoms with Crippen LogP contribution in [0.1, 0.15) is 24.2 Å². The largest absolute Gasteiger partial charge is 0.334 e. The molecule has 2 aromatic carbocycles. The molecule has 0 saturated carbocycles. The number of aromatic nitrogens is 2. The van der Waals surface area contributed by atoms with E-state index in [1.807, 2.05) is 31.2 Å². The summed E-state index contributed by atoms with van der Waals surface area (Å²) in [7, 11) is 0. The zero-order valence-electron chi connectivity index (χ0n) is 16.6. The summed E-state index contributed by atoms with van der Waals surface area (Å²) in [5.74, 6) is 1.12. The van der Waals surface area contributed by atoms with E-state index in [1.165, 1.54) is 0 Å². The van der Waals surface area contributed by atoms with Gasteiger partial charge in [0.15, 0.2) is 5.82 Å². The number of anilines is 1. The van der Waals surface area contributed by atoms with Crippen molar-refractivity contribution < 1.29 is 9.32 Å². The van der Waals surface area contributed by atoms with Crippen molar-refractivity contribution in [2.75, 3.05) is 18.4 Å². The van der Waals surface area contributed by atoms with Gasteiger partial charge >= 0.3 is 0 Å². The molecule has 0 bridgehead atoms. The highest BCUT2D eigenvalue weighted by Crippen LogP contribution is 2.27. The molecule has 1 amide bonds. The molecule has 0 atom stereocenters. The van der Waals surface area contributed by atoms with Gasteiger partial charge in [-0.25, -0.2) is 0 Å². The van der Waals surface area contributed by atoms with Crippen LogP contribution in [0.15, 0.2) is 47.0 Å². The number of carbonyl (C=O) groups excluding carboxylic acids is 1. The van der Waals surface area contributed by atoms with Crippen molar-refractivity contribution in [2.24, 2.45) is 5.92 Å². The summed E-state index contributed by atoms with van der Waals surface area (Å²) in [6, 6.07) is 13.0. The molecule has 0 unspecified atom stereocenters. The Morgan fingerprint density at radius 2 is 2.00 bits per heavy atom. The van der Waals surface area contributed by atoms with Crippen LogP contribution in [-0.2, 0) is 11.3 Å². The van der Waals surface area contributed by atoms with Gasteiger partial charge in [-0.2, -0.15) is 4.98 Å². The molecule has 0 radical (unpaired) electrons. The maximum absolute atomic E-state index is 12.6. The van der Waals surface area contributed by atoms with Crippen LogP contribution in [0.3, 0.4) is 0 Å². The molecular formula is C22H22Cl2N4O2. The highest BCUT2D eigenvalue weighted by atomic mass is 35.5. The Morgan fingerprint density at radius 3 is 2.73 bits per heavy atom. The van der Waals surface area contributed by atoms with Crippen molar-refractivity contribution in [1.29, 1.82) is 0 Å². The first kappa shape index (κ1) is 20.8. The summed E-state index contributed by atoms with van der Waals surface area (Å²) in [5, 5.41) is 8.00. The molecule has 6 nitrogen and oxygen atoms in total. The van der Waals surface area contributed by atoms with E-state index in [-0.39, 0.29) is 11.8 Å². The van der Waals surface area contributed by atoms with Crippen molar-refractivity contribution in [3.8, 4) is 11.5 Å². The zero-order chi connectivity index (χ0) is 21.1. The summed E-state index contributed by atoms with van der Waals surface area (Å²) in [5.41, 5.74) is 2.65. The lowest BCUT2D eigenvalue weighted by molar-refractivity contribution is -0.121. The second-order valence-corrected chi connectivity index (χ2v) is 8.39. The smallest absolute Gasteiger partial charge is 0.257 e. The fourth-order valence-corrected chi connectivity index (χ4v) is 4.05. The molecule has 2 heterocycles. The first-order valence-electron chi connectivity index (χ1n) is 9.86. The Kier molecular flexibility index (Phi) is 6.37. The monoisotopic (exact) mass is 444 g/mol. The van der Waals surface area contributed by atoms with Crippen LogP contribution >= 0.6 is 23.2 Å². The summed E-state index contributed by atoms with van der Waals surface area (Å²) in [4.78, 5) is 19.4. The van der Waals surface area contributed by atoms with E-state index in [9.17, 15) is 4.79 Å². The number of piperidine rings is 1. The first-order valence-corrected chi connectivity index (χ1v) is 10.6. The predicted molar refractivity (Wildman–Crippen MR) is 118 cm³/mol. The molecule has 1 fully saturated rings. The maximum Gasteiger partial charge on any atom is 0.257 e. The van der Waals surface area contributed by atoms with Crippen molar-refractivity contribution >= 4 is 34.8 Å². The normalized spacial score (nSPS) is 15.3. The van der Waals surface area contributed by atoms with Gasteiger partial charge in [0, 0.05) is 16.5 Å². The van der Waals surface area contributed by atoms with Crippen molar-refractivity contribution in [1.82, 2.24) is 15.0 Å². The van der Waals surface area contributed by atoms with E-state index in [0.717, 1.165) is 37.1 Å². The Hall–Kier alpha value is -2.41. The standard InChI is InChI=1S/C22H22Cl2N4O2/c1-14-3-2-4-16(11-14)22-26-20(27-30-22)13-28-9-7-15(8-10-28)21(29)25-19-6-5-17(23)12-18(19)24/h2-6,11-12,15H,7-10,13H2,1H3,(H,25,29). The quantitative estimate of drug-likeness (QED) is 0.585. The number of nitrogens with one attached hydrogen (secondary N) is 1. The summed E-state index contributed by atoms with van der Waals surface area (Å²) >= 11 is 12.1. The number of nitrogens with zero attached hydrogens (tertiary/aromatic N) is 3. The van der Waals surface area contributed by atoms with E-state index >= 15 is 0 Å². The third-order valence-corrected chi connectivity index (χ3v) is 5.79. The molecule has 1 aromatic heterocycles. The van der Waals surface area contributed by atoms with Gasteiger partial charge in [-0.1, -0.05) is 46.1 Å². The number of likely N-dealkylation sites (tertiary alicyclic amines) is 1. The molecule has 1 saturated heterocycles. The zero-order valence-corrected chi connectivity index (χ0v) is 18.1. The summed E-state index contributed by atoms with van der Waals surface area (Å²) < 4.78 is 5.42. The van der Waals surface area contributed by atoms with Crippen LogP contribution in [0.25, 0.3) is 11.5 Å². The number of aryl methyl sites for hydroxylation is 1. The highest BCUT2D eigenvalue weighted by Gasteiger charge is 2.26. The number of hydrogen-bond donors (Lipinski definition) is 1. The van der Waals surface area contributed by atoms with Gasteiger partial charge in [0.1, 0.15) is 0 Å². The summed E-state index contributed by atoms with van der Waals surface area (Å²) in [6.07, 6.45) is 1.53. The Bertz CT molecular complexity index is 1050. The van der Waals surface area contributed by atoms with Crippen LogP contribution in [0, 0.1) is 12.8 Å². The molecule has 1 aliphatic rings. The minimum atomic E-state index is -0.0545. The molecule has 0 spiro atoms. The SMILES string of the molecule is Cc1cccc(-c2nc(CN3CCC(C(=O)Nc4ccc(Cl)cc4Cl)CC3)no2)c1. The van der Waals surface area contributed by atoms with Gasteiger partial charge in [-0.15, -0.1) is 0 Å². The Morgan fingerprint density at radius 1 is 1.20 bits per heavy atom. The first-order chi connectivity index (χ1) is 14.5. The average Bonchev–Trinajstić information content (AvgIpc) is 3.19. The molecule has 8 heteroatoms. The third kappa shape index (κ3) is 5.01. The van der Waals surface area contributed by atoms with E-state index in [2.05, 4.69) is 20.4 Å². The lowest BCUT2D eigenvalue weighted by atomic mass is 9.96. The van der Waals surface area contributed by atoms with Gasteiger partial charge in [0.05, 0.1) is 17.3 Å². The third-order valence-electron chi connectivity index (χ3n) is 5.25. The number of halogens is 2. The van der Waals surface area contributed by atoms with Gasteiger partial charge in [0.2, 0.25) is 5.91 Å². The van der Waals surface area contributed by atoms with Gasteiger partial charge in [0.25, 0.3) is 5.89 Å². The van der Waals surface area contributed by atoms with Crippen LogP contribution in [0.2, 0.25) is 10.0 Å². The van der Waals surface area contributed by atoms with Crippen LogP contribution in [0.5, 0.6) is 0 Å². The molecule has 30 heavy (non-hydrogen) atoms. The number of benzene rings is 2. The van der Waals surface area contributed by atoms with E-state index in [1.54, 1.807) is 18.2 Å². The van der Waals surface area contributed by atoms with E-state index < -0.39 is 0 Å². The number of hydrogen-bond acceptors (Lipinski definition) is 5. The predicted octanol–water partition coefficient (Wildman–Crippen LogP) is 5.20. The molecule has 1 N–H and O–H groups in total. The topological polar surface area (TPSA) is 71.3 Å². The molecular weight excluding hydrogens is 423 g/mol. The minimum absolute atomic E-state index is 0.0137. The van der Waals surface area contributed by atoms with Gasteiger partial charge in [-0.3, -0.25) is 9.69 Å². The number of rotatable bonds is 5. The van der Waals surface area contributed by atoms with Crippen molar-refractivity contribution in [3.05, 3.63) is 63.9 Å². The number of carbonyl (C=O) groups is 1. The lowest BCUT2D eigenvalue weighted by Crippen LogP contribution is -2.38. The van der Waals surface area contributed by atoms with Gasteiger partial charge in [-0.05, 0) is 63.2 Å². The van der Waals surface area contributed by atoms with Crippen LogP contribution < -0.4 is 5.32 Å². The highest BCUT2D eigenvalue weighted by molar-refractivity contribution is 6.36. The lowest BCUT2D eigenvalue weighted by Gasteiger charge is -2.30. The molecule has 156 valence electrons. The van der Waals surface area contributed by atoms with Crippen molar-refractivity contribution in [3.63, 3.8) is 0 Å². The Balaban J connectivity index is 1.30. The maximum atomic E-state index is 12.6. The van der Waals surface area contributed by atoms with E-state index in [0.29, 0.717) is 34.0 Å². The van der Waals surface area contributed by atoms with E-state index in [4.69, 9.17) is 27.7 Å². The van der Waals surface area contributed by atoms with Gasteiger partial charge < -0.3 is 9.84 Å². The molecule has 1 aliphatic heterocycles. The van der Waals surface area contributed by atoms with Crippen LogP contribution in [0.4, 0.5) is 5.69 Å². The molecule has 0 aliphatic carbocycles. The summed E-state index contributed by atoms with van der Waals surface area (Å²) in [6.45, 7) is 4.22. The Labute approximate surface area is 185 Å². The molecule has 3 aromatic rings. The minimum Gasteiger partial charge on any atom is -0.334 e. The second-order valence-electron chi connectivity index (χ2n) is 7.55. The fourth-order valence-electron chi connectivity index (χ4n) is 3.59.